The number of nitrogens with zero attached hydrogens (tertiary/aromatic N) is 1. The van der Waals surface area contributed by atoms with Gasteiger partial charge in [-0.15, -0.1) is 0 Å². The van der Waals surface area contributed by atoms with Gasteiger partial charge in [-0.2, -0.15) is 0 Å². The van der Waals surface area contributed by atoms with E-state index >= 15 is 0 Å². The number of allylic oxidation sites excluding steroid dienone is 2. The molecule has 0 radical (unpaired) electrons. The lowest BCUT2D eigenvalue weighted by molar-refractivity contribution is -0.139. The Labute approximate surface area is 152 Å². The molecule has 2 rings (SSSR count). The normalized spacial score (nSPS) is 14.4. The number of esters is 2. The van der Waals surface area contributed by atoms with E-state index in [4.69, 9.17) is 21.1 Å². The highest BCUT2D eigenvalue weighted by Gasteiger charge is 2.35. The summed E-state index contributed by atoms with van der Waals surface area (Å²) in [4.78, 5) is 26.6. The minimum Gasteiger partial charge on any atom is -0.461 e. The lowest BCUT2D eigenvalue weighted by atomic mass is 10.1. The molecule has 0 aromatic heterocycles. The number of hydrogen-bond acceptors (Lipinski definition) is 6. The maximum Gasteiger partial charge on any atom is 0.357 e. The third-order valence-electron chi connectivity index (χ3n) is 3.56. The van der Waals surface area contributed by atoms with Crippen molar-refractivity contribution in [1.29, 1.82) is 0 Å². The topological polar surface area (TPSA) is 67.9 Å². The highest BCUT2D eigenvalue weighted by Crippen LogP contribution is 2.32. The summed E-state index contributed by atoms with van der Waals surface area (Å²) in [6.45, 7) is 7.40. The molecular weight excluding hydrogens is 344 g/mol. The first-order valence-electron chi connectivity index (χ1n) is 7.99. The Morgan fingerprint density at radius 1 is 0.960 bits per heavy atom. The maximum atomic E-state index is 12.5. The average molecular weight is 365 g/mol. The van der Waals surface area contributed by atoms with E-state index in [0.29, 0.717) is 22.1 Å². The zero-order valence-electron chi connectivity index (χ0n) is 14.7. The summed E-state index contributed by atoms with van der Waals surface area (Å²) in [5, 5.41) is 3.61. The van der Waals surface area contributed by atoms with Crippen LogP contribution in [-0.2, 0) is 19.1 Å². The molecule has 6 nitrogen and oxygen atoms in total. The monoisotopic (exact) mass is 364 g/mol. The van der Waals surface area contributed by atoms with Crippen LogP contribution in [-0.4, -0.2) is 25.2 Å². The molecule has 0 unspecified atom stereocenters. The molecule has 0 amide bonds. The first-order valence-corrected chi connectivity index (χ1v) is 8.37. The number of carbonyl (C=O) groups excluding carboxylic acids is 2. The van der Waals surface area contributed by atoms with Gasteiger partial charge in [0.15, 0.2) is 11.4 Å². The van der Waals surface area contributed by atoms with Gasteiger partial charge in [0, 0.05) is 22.1 Å². The molecule has 25 heavy (non-hydrogen) atoms. The molecule has 1 heterocycles. The van der Waals surface area contributed by atoms with Gasteiger partial charge in [-0.05, 0) is 52.0 Å². The van der Waals surface area contributed by atoms with Gasteiger partial charge < -0.3 is 14.8 Å². The Morgan fingerprint density at radius 3 is 1.80 bits per heavy atom. The van der Waals surface area contributed by atoms with E-state index in [0.717, 1.165) is 0 Å². The number of ether oxygens (including phenoxy) is 2. The number of anilines is 1. The Hall–Kier alpha value is -2.47. The summed E-state index contributed by atoms with van der Waals surface area (Å²) in [6, 6.07) is 6.84. The fourth-order valence-electron chi connectivity index (χ4n) is 2.58. The number of carbonyl (C=O) groups is 2. The second-order valence-corrected chi connectivity index (χ2v) is 5.76. The summed E-state index contributed by atoms with van der Waals surface area (Å²) in [5.74, 6) is -1.06. The van der Waals surface area contributed by atoms with Crippen molar-refractivity contribution >= 4 is 29.2 Å². The molecule has 1 aliphatic heterocycles. The molecule has 1 aliphatic rings. The number of halogens is 1. The molecule has 0 saturated heterocycles. The van der Waals surface area contributed by atoms with E-state index in [1.807, 2.05) is 0 Å². The molecule has 0 atom stereocenters. The molecule has 1 aromatic carbocycles. The third kappa shape index (κ3) is 3.96. The van der Waals surface area contributed by atoms with E-state index in [2.05, 4.69) is 5.32 Å². The first-order chi connectivity index (χ1) is 11.9. The van der Waals surface area contributed by atoms with Gasteiger partial charge in [0.2, 0.25) is 0 Å². The molecule has 7 heteroatoms. The van der Waals surface area contributed by atoms with Gasteiger partial charge in [-0.3, -0.25) is 4.90 Å². The van der Waals surface area contributed by atoms with Gasteiger partial charge >= 0.3 is 11.9 Å². The number of nitrogens with one attached hydrogen (secondary N) is 1. The summed E-state index contributed by atoms with van der Waals surface area (Å²) in [5.41, 5.74) is 2.24. The second kappa shape index (κ2) is 8.07. The van der Waals surface area contributed by atoms with Crippen LogP contribution in [0.5, 0.6) is 0 Å². The molecule has 0 spiro atoms. The van der Waals surface area contributed by atoms with Crippen LogP contribution in [0, 0.1) is 0 Å². The highest BCUT2D eigenvalue weighted by molar-refractivity contribution is 6.30. The van der Waals surface area contributed by atoms with Crippen molar-refractivity contribution in [2.24, 2.45) is 0 Å². The molecule has 0 fully saturated rings. The van der Waals surface area contributed by atoms with Gasteiger partial charge in [-0.1, -0.05) is 11.6 Å². The molecule has 0 bridgehead atoms. The van der Waals surface area contributed by atoms with Crippen LogP contribution in [0.25, 0.3) is 0 Å². The van der Waals surface area contributed by atoms with Gasteiger partial charge in [0.25, 0.3) is 0 Å². The van der Waals surface area contributed by atoms with E-state index in [-0.39, 0.29) is 24.6 Å². The summed E-state index contributed by atoms with van der Waals surface area (Å²) < 4.78 is 10.3. The quantitative estimate of drug-likeness (QED) is 0.808. The van der Waals surface area contributed by atoms with Gasteiger partial charge in [0.05, 0.1) is 13.2 Å². The van der Waals surface area contributed by atoms with Crippen molar-refractivity contribution in [3.63, 3.8) is 0 Å². The van der Waals surface area contributed by atoms with Crippen molar-refractivity contribution in [3.05, 3.63) is 52.1 Å². The highest BCUT2D eigenvalue weighted by atomic mass is 35.5. The molecule has 134 valence electrons. The maximum absolute atomic E-state index is 12.5. The predicted octanol–water partition coefficient (Wildman–Crippen LogP) is 3.34. The van der Waals surface area contributed by atoms with Crippen LogP contribution < -0.4 is 10.2 Å². The molecule has 0 saturated carbocycles. The van der Waals surface area contributed by atoms with Crippen LogP contribution in [0.15, 0.2) is 47.1 Å². The van der Waals surface area contributed by atoms with Crippen molar-refractivity contribution in [2.75, 3.05) is 18.1 Å². The SMILES string of the molecule is CCOC(=O)C1=C(C)NC(C)=C(C(=O)OCC)N1c1ccc(Cl)cc1. The number of rotatable bonds is 5. The van der Waals surface area contributed by atoms with Crippen LogP contribution in [0.1, 0.15) is 27.7 Å². The summed E-state index contributed by atoms with van der Waals surface area (Å²) >= 11 is 5.97. The van der Waals surface area contributed by atoms with E-state index < -0.39 is 11.9 Å². The Bertz CT molecular complexity index is 698. The third-order valence-corrected chi connectivity index (χ3v) is 3.81. The zero-order valence-corrected chi connectivity index (χ0v) is 15.4. The van der Waals surface area contributed by atoms with Crippen LogP contribution >= 0.6 is 11.6 Å². The smallest absolute Gasteiger partial charge is 0.357 e. The fraction of sp³-hybridized carbons (Fsp3) is 0.333. The average Bonchev–Trinajstić information content (AvgIpc) is 2.55. The summed E-state index contributed by atoms with van der Waals surface area (Å²) in [7, 11) is 0. The van der Waals surface area contributed by atoms with E-state index in [9.17, 15) is 9.59 Å². The lowest BCUT2D eigenvalue weighted by Crippen LogP contribution is -2.41. The molecular formula is C18H21ClN2O4. The Balaban J connectivity index is 2.61. The van der Waals surface area contributed by atoms with Crippen molar-refractivity contribution < 1.29 is 19.1 Å². The second-order valence-electron chi connectivity index (χ2n) is 5.32. The van der Waals surface area contributed by atoms with Gasteiger partial charge in [-0.25, -0.2) is 9.59 Å². The zero-order chi connectivity index (χ0) is 18.6. The van der Waals surface area contributed by atoms with Crippen molar-refractivity contribution in [2.45, 2.75) is 27.7 Å². The summed E-state index contributed by atoms with van der Waals surface area (Å²) in [6.07, 6.45) is 0. The Morgan fingerprint density at radius 2 is 1.40 bits per heavy atom. The van der Waals surface area contributed by atoms with Gasteiger partial charge in [0.1, 0.15) is 0 Å². The van der Waals surface area contributed by atoms with Crippen molar-refractivity contribution in [1.82, 2.24) is 5.32 Å². The lowest BCUT2D eigenvalue weighted by Gasteiger charge is -2.34. The Kier molecular flexibility index (Phi) is 6.09. The van der Waals surface area contributed by atoms with Crippen LogP contribution in [0.4, 0.5) is 5.69 Å². The fourth-order valence-corrected chi connectivity index (χ4v) is 2.71. The van der Waals surface area contributed by atoms with Crippen LogP contribution in [0.3, 0.4) is 0 Å². The molecule has 1 aromatic rings. The predicted molar refractivity (Wildman–Crippen MR) is 95.7 cm³/mol. The molecule has 0 aliphatic carbocycles. The first kappa shape index (κ1) is 18.9. The minimum absolute atomic E-state index is 0.224. The molecule has 1 N–H and O–H groups in total. The van der Waals surface area contributed by atoms with Crippen molar-refractivity contribution in [3.8, 4) is 0 Å². The van der Waals surface area contributed by atoms with E-state index in [1.54, 1.807) is 56.9 Å². The standard InChI is InChI=1S/C18H21ClN2O4/c1-5-24-17(22)15-11(3)20-12(4)16(18(23)25-6-2)21(15)14-9-7-13(19)8-10-14/h7-10,20H,5-6H2,1-4H3. The van der Waals surface area contributed by atoms with E-state index in [1.165, 1.54) is 0 Å². The number of benzene rings is 1. The van der Waals surface area contributed by atoms with Crippen LogP contribution in [0.2, 0.25) is 5.02 Å². The minimum atomic E-state index is -0.531. The number of hydrogen-bond donors (Lipinski definition) is 1. The largest absolute Gasteiger partial charge is 0.461 e.